The number of phenolic OH excluding ortho intramolecular Hbond substituents is 1. The van der Waals surface area contributed by atoms with Crippen molar-refractivity contribution in [2.75, 3.05) is 133 Å². The topological polar surface area (TPSA) is 219 Å². The molecule has 6 rings (SSSR count). The monoisotopic (exact) mass is 1010 g/mol. The van der Waals surface area contributed by atoms with Crippen molar-refractivity contribution in [1.29, 1.82) is 0 Å². The Labute approximate surface area is 421 Å². The molecule has 3 aromatic rings. The summed E-state index contributed by atoms with van der Waals surface area (Å²) in [6.07, 6.45) is 1.75. The number of ketones is 1. The van der Waals surface area contributed by atoms with E-state index in [0.717, 1.165) is 22.3 Å². The summed E-state index contributed by atoms with van der Waals surface area (Å²) in [5, 5.41) is 26.6. The Morgan fingerprint density at radius 3 is 1.94 bits per heavy atom. The maximum absolute atomic E-state index is 13.1. The number of Topliss-reactive ketones (excluding diaryl/α,β-unsaturated/α-hetero) is 1. The predicted molar refractivity (Wildman–Crippen MR) is 264 cm³/mol. The van der Waals surface area contributed by atoms with Crippen LogP contribution in [-0.2, 0) is 71.8 Å². The van der Waals surface area contributed by atoms with Crippen LogP contribution in [0.3, 0.4) is 0 Å². The lowest BCUT2D eigenvalue weighted by Crippen LogP contribution is -2.33. The number of carbonyl (C=O) groups is 2. The zero-order chi connectivity index (χ0) is 50.8. The number of aromatic hydroxyl groups is 1. The van der Waals surface area contributed by atoms with E-state index in [9.17, 15) is 19.8 Å². The maximum Gasteiger partial charge on any atom is 0.222 e. The third-order valence-electron chi connectivity index (χ3n) is 11.8. The highest BCUT2D eigenvalue weighted by molar-refractivity contribution is 6.09. The van der Waals surface area contributed by atoms with E-state index in [2.05, 4.69) is 17.1 Å². The zero-order valence-corrected chi connectivity index (χ0v) is 41.7. The summed E-state index contributed by atoms with van der Waals surface area (Å²) in [4.78, 5) is 31.0. The van der Waals surface area contributed by atoms with Gasteiger partial charge in [-0.05, 0) is 67.3 Å². The van der Waals surface area contributed by atoms with Gasteiger partial charge in [-0.1, -0.05) is 23.9 Å². The number of hydrogen-bond donors (Lipinski definition) is 3. The van der Waals surface area contributed by atoms with Gasteiger partial charge in [0.05, 0.1) is 119 Å². The number of aliphatic hydroxyl groups is 1. The van der Waals surface area contributed by atoms with Gasteiger partial charge in [0.15, 0.2) is 11.9 Å². The molecule has 72 heavy (non-hydrogen) atoms. The van der Waals surface area contributed by atoms with Crippen molar-refractivity contribution in [3.8, 4) is 28.7 Å². The van der Waals surface area contributed by atoms with Gasteiger partial charge >= 0.3 is 0 Å². The van der Waals surface area contributed by atoms with Gasteiger partial charge in [-0.25, -0.2) is 0 Å². The number of fused-ring (bicyclic) bond motifs is 4. The molecule has 1 amide bonds. The van der Waals surface area contributed by atoms with Crippen molar-refractivity contribution in [2.24, 2.45) is 5.16 Å². The van der Waals surface area contributed by atoms with Crippen LogP contribution in [0.25, 0.3) is 0 Å². The Morgan fingerprint density at radius 1 is 0.764 bits per heavy atom. The second-order valence-corrected chi connectivity index (χ2v) is 17.2. The molecular weight excluding hydrogens is 937 g/mol. The fourth-order valence-electron chi connectivity index (χ4n) is 8.02. The molecule has 0 aromatic heterocycles. The van der Waals surface area contributed by atoms with Crippen LogP contribution in [0, 0.1) is 0 Å². The van der Waals surface area contributed by atoms with E-state index < -0.39 is 0 Å². The number of rotatable bonds is 38. The molecule has 3 N–H and O–H groups in total. The van der Waals surface area contributed by atoms with Crippen LogP contribution < -0.4 is 24.3 Å². The van der Waals surface area contributed by atoms with Crippen molar-refractivity contribution < 1.29 is 81.5 Å². The molecular formula is C53H72N2O17. The molecule has 19 nitrogen and oxygen atoms in total. The lowest BCUT2D eigenvalue weighted by molar-refractivity contribution is -0.122. The molecule has 3 aromatic carbocycles. The van der Waals surface area contributed by atoms with Gasteiger partial charge in [0.1, 0.15) is 53.8 Å². The van der Waals surface area contributed by atoms with E-state index in [1.54, 1.807) is 25.3 Å². The Hall–Kier alpha value is -5.35. The van der Waals surface area contributed by atoms with Gasteiger partial charge in [-0.3, -0.25) is 9.59 Å². The first-order valence-corrected chi connectivity index (χ1v) is 24.7. The molecule has 396 valence electrons. The Kier molecular flexibility index (Phi) is 24.3. The number of methoxy groups -OCH3 is 1. The normalized spacial score (nSPS) is 16.4. The number of oxime groups is 1. The van der Waals surface area contributed by atoms with Crippen molar-refractivity contribution in [3.63, 3.8) is 0 Å². The summed E-state index contributed by atoms with van der Waals surface area (Å²) in [5.41, 5.74) is 5.58. The summed E-state index contributed by atoms with van der Waals surface area (Å²) < 4.78 is 68.5. The van der Waals surface area contributed by atoms with E-state index in [-0.39, 0.29) is 68.2 Å². The van der Waals surface area contributed by atoms with Crippen LogP contribution in [0.15, 0.2) is 65.8 Å². The number of phenols is 1. The van der Waals surface area contributed by atoms with Crippen LogP contribution in [0.2, 0.25) is 0 Å². The molecule has 0 saturated heterocycles. The largest absolute Gasteiger partial charge is 0.508 e. The minimum Gasteiger partial charge on any atom is -0.508 e. The number of aliphatic hydroxyl groups excluding tert-OH is 1. The Balaban J connectivity index is 0.722. The minimum absolute atomic E-state index is 0.0664. The highest BCUT2D eigenvalue weighted by Crippen LogP contribution is 2.47. The van der Waals surface area contributed by atoms with Crippen LogP contribution in [0.4, 0.5) is 0 Å². The maximum atomic E-state index is 13.1. The third kappa shape index (κ3) is 18.0. The molecule has 0 fully saturated rings. The number of nitrogens with one attached hydrogen (secondary N) is 1. The summed E-state index contributed by atoms with van der Waals surface area (Å²) in [5.74, 6) is 2.16. The Bertz CT molecular complexity index is 2170. The molecule has 0 spiro atoms. The van der Waals surface area contributed by atoms with E-state index in [1.165, 1.54) is 0 Å². The van der Waals surface area contributed by atoms with Crippen molar-refractivity contribution >= 4 is 17.4 Å². The molecule has 0 aliphatic carbocycles. The summed E-state index contributed by atoms with van der Waals surface area (Å²) in [7, 11) is 1.56. The average Bonchev–Trinajstić information content (AvgIpc) is 4.04. The average molecular weight is 1010 g/mol. The number of amides is 1. The Morgan fingerprint density at radius 2 is 1.36 bits per heavy atom. The quantitative estimate of drug-likeness (QED) is 0.0525. The lowest BCUT2D eigenvalue weighted by atomic mass is 9.83. The molecule has 3 atom stereocenters. The van der Waals surface area contributed by atoms with Crippen LogP contribution in [-0.4, -0.2) is 172 Å². The second kappa shape index (κ2) is 31.3. The van der Waals surface area contributed by atoms with Gasteiger partial charge in [0.2, 0.25) is 5.91 Å². The number of benzene rings is 3. The second-order valence-electron chi connectivity index (χ2n) is 17.2. The summed E-state index contributed by atoms with van der Waals surface area (Å²) >= 11 is 0. The van der Waals surface area contributed by atoms with E-state index in [4.69, 9.17) is 61.7 Å². The fourth-order valence-corrected chi connectivity index (χ4v) is 8.02. The minimum atomic E-state index is -0.379. The number of hydrogen-bond acceptors (Lipinski definition) is 18. The van der Waals surface area contributed by atoms with Crippen molar-refractivity contribution in [2.45, 2.75) is 63.8 Å². The molecule has 3 aliphatic rings. The molecule has 3 heterocycles. The first-order chi connectivity index (χ1) is 35.2. The van der Waals surface area contributed by atoms with Crippen LogP contribution in [0.1, 0.15) is 59.9 Å². The first-order valence-electron chi connectivity index (χ1n) is 24.7. The highest BCUT2D eigenvalue weighted by Gasteiger charge is 2.44. The standard InChI is InChI=1S/C53H72N2O17/c1-37(2)46-33-44-45(71-46)11-10-42(52-51-43-32-47(60-3)39(34-56)31-48(43)69-36-49(51)72-55-52)53(44)70-35-41(58)5-4-15-61-17-19-63-21-23-65-25-27-67-29-30-68-28-26-66-24-22-64-20-18-62-16-13-50(59)54-14-12-38-6-8-40(57)9-7-38/h6-11,31-32,46,49,51,56-57H,1,4-5,12-30,33-36H2,2-3H3,(H,54,59). The molecule has 0 saturated carbocycles. The number of ether oxygens (including phenoxy) is 12. The predicted octanol–water partition coefficient (Wildman–Crippen LogP) is 4.66. The highest BCUT2D eigenvalue weighted by atomic mass is 16.7. The molecule has 19 heteroatoms. The van der Waals surface area contributed by atoms with Crippen LogP contribution >= 0.6 is 0 Å². The number of nitrogens with zero attached hydrogens (tertiary/aromatic N) is 1. The first kappa shape index (κ1) is 56.0. The lowest BCUT2D eigenvalue weighted by Gasteiger charge is -2.29. The van der Waals surface area contributed by atoms with Gasteiger partial charge < -0.3 is 77.2 Å². The van der Waals surface area contributed by atoms with Crippen molar-refractivity contribution in [1.82, 2.24) is 5.32 Å². The summed E-state index contributed by atoms with van der Waals surface area (Å²) in [6.45, 7) is 13.3. The molecule has 3 aliphatic heterocycles. The smallest absolute Gasteiger partial charge is 0.222 e. The number of carbonyl (C=O) groups excluding carboxylic acids is 2. The summed E-state index contributed by atoms with van der Waals surface area (Å²) in [6, 6.07) is 14.4. The van der Waals surface area contributed by atoms with Gasteiger partial charge in [0.25, 0.3) is 0 Å². The van der Waals surface area contributed by atoms with Gasteiger partial charge in [0, 0.05) is 54.7 Å². The third-order valence-corrected chi connectivity index (χ3v) is 11.8. The molecule has 3 unspecified atom stereocenters. The zero-order valence-electron chi connectivity index (χ0n) is 41.7. The van der Waals surface area contributed by atoms with E-state index in [0.29, 0.717) is 171 Å². The molecule has 0 radical (unpaired) electrons. The van der Waals surface area contributed by atoms with E-state index in [1.807, 2.05) is 37.3 Å². The van der Waals surface area contributed by atoms with Gasteiger partial charge in [-0.2, -0.15) is 0 Å². The van der Waals surface area contributed by atoms with E-state index >= 15 is 0 Å². The molecule has 0 bridgehead atoms. The SMILES string of the molecule is C=C(C)C1Cc2c(ccc(C3=NOC4COc5cc(CO)c(OC)cc5C34)c2OCC(=O)CCCOCCOCCOCCOCCOCCOCCOCCOCCC(=O)NCCc2ccc(O)cc2)O1. The van der Waals surface area contributed by atoms with Crippen molar-refractivity contribution in [3.05, 3.63) is 88.5 Å². The fraction of sp³-hybridized carbons (Fsp3) is 0.566. The van der Waals surface area contributed by atoms with Gasteiger partial charge in [-0.15, -0.1) is 0 Å². The van der Waals surface area contributed by atoms with Crippen LogP contribution in [0.5, 0.6) is 28.7 Å².